The maximum atomic E-state index is 13.7. The van der Waals surface area contributed by atoms with Gasteiger partial charge >= 0.3 is 0 Å². The Labute approximate surface area is 208 Å². The van der Waals surface area contributed by atoms with E-state index in [4.69, 9.17) is 20.5 Å². The third-order valence-corrected chi connectivity index (χ3v) is 6.78. The topological polar surface area (TPSA) is 87.6 Å². The third-order valence-electron chi connectivity index (χ3n) is 6.55. The Morgan fingerprint density at radius 1 is 1.11 bits per heavy atom. The van der Waals surface area contributed by atoms with Gasteiger partial charge in [0.15, 0.2) is 0 Å². The van der Waals surface area contributed by atoms with E-state index in [-0.39, 0.29) is 5.91 Å². The number of carbonyl (C=O) groups is 1. The van der Waals surface area contributed by atoms with Crippen LogP contribution in [-0.2, 0) is 0 Å². The normalized spacial score (nSPS) is 14.6. The van der Waals surface area contributed by atoms with Crippen molar-refractivity contribution in [3.63, 3.8) is 0 Å². The SMILES string of the molecule is CCN1CCN(c2ccc(Cl)cc2NC(=O)c2cc(-c3cc(C)oc3C)nc3onc(C)c23)CC1. The van der Waals surface area contributed by atoms with E-state index in [1.54, 1.807) is 19.1 Å². The first-order valence-corrected chi connectivity index (χ1v) is 12.1. The molecule has 182 valence electrons. The minimum atomic E-state index is -0.279. The van der Waals surface area contributed by atoms with Crippen molar-refractivity contribution in [2.45, 2.75) is 27.7 Å². The number of nitrogens with one attached hydrogen (secondary N) is 1. The first kappa shape index (κ1) is 23.4. The maximum absolute atomic E-state index is 13.7. The zero-order chi connectivity index (χ0) is 24.7. The highest BCUT2D eigenvalue weighted by Gasteiger charge is 2.24. The lowest BCUT2D eigenvalue weighted by Gasteiger charge is -2.36. The number of likely N-dealkylation sites (N-methyl/N-ethyl adjacent to an activating group) is 1. The molecular weight excluding hydrogens is 466 g/mol. The number of nitrogens with zero attached hydrogens (tertiary/aromatic N) is 4. The van der Waals surface area contributed by atoms with Gasteiger partial charge in [0.1, 0.15) is 11.5 Å². The molecule has 1 saturated heterocycles. The monoisotopic (exact) mass is 493 g/mol. The number of halogens is 1. The summed E-state index contributed by atoms with van der Waals surface area (Å²) < 4.78 is 11.1. The summed E-state index contributed by atoms with van der Waals surface area (Å²) in [5, 5.41) is 8.30. The average Bonchev–Trinajstić information content (AvgIpc) is 3.39. The van der Waals surface area contributed by atoms with E-state index >= 15 is 0 Å². The van der Waals surface area contributed by atoms with Crippen LogP contribution in [0.3, 0.4) is 0 Å². The van der Waals surface area contributed by atoms with Crippen LogP contribution in [0, 0.1) is 20.8 Å². The molecule has 0 radical (unpaired) electrons. The van der Waals surface area contributed by atoms with Crippen LogP contribution in [0.25, 0.3) is 22.4 Å². The van der Waals surface area contributed by atoms with Gasteiger partial charge in [0.05, 0.1) is 33.7 Å². The van der Waals surface area contributed by atoms with Crippen LogP contribution >= 0.6 is 11.6 Å². The number of furan rings is 1. The number of benzene rings is 1. The number of hydrogen-bond donors (Lipinski definition) is 1. The largest absolute Gasteiger partial charge is 0.466 e. The van der Waals surface area contributed by atoms with Gasteiger partial charge in [-0.25, -0.2) is 4.98 Å². The number of carbonyl (C=O) groups excluding carboxylic acids is 1. The first-order chi connectivity index (χ1) is 16.8. The molecule has 1 N–H and O–H groups in total. The van der Waals surface area contributed by atoms with Crippen molar-refractivity contribution in [3.8, 4) is 11.3 Å². The van der Waals surface area contributed by atoms with E-state index in [0.29, 0.717) is 38.8 Å². The van der Waals surface area contributed by atoms with Crippen LogP contribution in [0.2, 0.25) is 5.02 Å². The molecule has 3 aromatic heterocycles. The molecule has 1 fully saturated rings. The molecule has 0 saturated carbocycles. The van der Waals surface area contributed by atoms with Crippen LogP contribution in [-0.4, -0.2) is 53.7 Å². The highest BCUT2D eigenvalue weighted by atomic mass is 35.5. The number of piperazine rings is 1. The number of aryl methyl sites for hydroxylation is 3. The molecule has 8 nitrogen and oxygen atoms in total. The quantitative estimate of drug-likeness (QED) is 0.395. The van der Waals surface area contributed by atoms with Crippen molar-refractivity contribution < 1.29 is 13.7 Å². The van der Waals surface area contributed by atoms with Gasteiger partial charge in [-0.2, -0.15) is 0 Å². The summed E-state index contributed by atoms with van der Waals surface area (Å²) >= 11 is 6.34. The predicted octanol–water partition coefficient (Wildman–Crippen LogP) is 5.46. The summed E-state index contributed by atoms with van der Waals surface area (Å²) in [5.74, 6) is 1.21. The molecule has 0 spiro atoms. The Hall–Kier alpha value is -3.36. The molecule has 4 heterocycles. The zero-order valence-electron chi connectivity index (χ0n) is 20.3. The average molecular weight is 494 g/mol. The van der Waals surface area contributed by atoms with Crippen molar-refractivity contribution in [1.29, 1.82) is 0 Å². The van der Waals surface area contributed by atoms with Crippen molar-refractivity contribution >= 4 is 40.0 Å². The van der Waals surface area contributed by atoms with Gasteiger partial charge in [-0.3, -0.25) is 4.79 Å². The number of hydrogen-bond acceptors (Lipinski definition) is 7. The van der Waals surface area contributed by atoms with E-state index in [2.05, 4.69) is 32.2 Å². The molecule has 35 heavy (non-hydrogen) atoms. The Balaban J connectivity index is 1.53. The van der Waals surface area contributed by atoms with Gasteiger partial charge in [-0.15, -0.1) is 0 Å². The van der Waals surface area contributed by atoms with E-state index in [1.165, 1.54) is 0 Å². The second-order valence-electron chi connectivity index (χ2n) is 8.87. The lowest BCUT2D eigenvalue weighted by Crippen LogP contribution is -2.46. The molecule has 0 bridgehead atoms. The molecule has 1 aromatic carbocycles. The van der Waals surface area contributed by atoms with E-state index in [9.17, 15) is 4.79 Å². The van der Waals surface area contributed by atoms with Gasteiger partial charge in [0, 0.05) is 36.8 Å². The standard InChI is InChI=1S/C26H28ClN5O3/c1-5-31-8-10-32(11-9-31)23-7-6-18(27)13-22(23)28-25(33)20-14-21(19-12-15(2)34-17(19)4)29-26-24(20)16(3)30-35-26/h6-7,12-14H,5,8-11H2,1-4H3,(H,28,33). The van der Waals surface area contributed by atoms with Crippen LogP contribution in [0.4, 0.5) is 11.4 Å². The van der Waals surface area contributed by atoms with E-state index in [1.807, 2.05) is 32.0 Å². The van der Waals surface area contributed by atoms with Gasteiger partial charge in [0.25, 0.3) is 11.6 Å². The first-order valence-electron chi connectivity index (χ1n) is 11.8. The summed E-state index contributed by atoms with van der Waals surface area (Å²) in [5.41, 5.74) is 4.37. The Morgan fingerprint density at radius 2 is 1.89 bits per heavy atom. The van der Waals surface area contributed by atoms with E-state index in [0.717, 1.165) is 55.5 Å². The van der Waals surface area contributed by atoms with Gasteiger partial charge < -0.3 is 24.1 Å². The van der Waals surface area contributed by atoms with Crippen molar-refractivity contribution in [2.75, 3.05) is 42.9 Å². The molecule has 0 aliphatic carbocycles. The summed E-state index contributed by atoms with van der Waals surface area (Å²) in [7, 11) is 0. The summed E-state index contributed by atoms with van der Waals surface area (Å²) in [6.07, 6.45) is 0. The van der Waals surface area contributed by atoms with Crippen molar-refractivity contribution in [3.05, 3.63) is 58.1 Å². The molecule has 4 aromatic rings. The molecule has 5 rings (SSSR count). The number of amides is 1. The van der Waals surface area contributed by atoms with Gasteiger partial charge in [0.2, 0.25) is 0 Å². The second kappa shape index (κ2) is 9.36. The Morgan fingerprint density at radius 3 is 2.57 bits per heavy atom. The van der Waals surface area contributed by atoms with Crippen molar-refractivity contribution in [2.24, 2.45) is 0 Å². The highest BCUT2D eigenvalue weighted by molar-refractivity contribution is 6.31. The van der Waals surface area contributed by atoms with Crippen LogP contribution in [0.15, 0.2) is 39.3 Å². The summed E-state index contributed by atoms with van der Waals surface area (Å²) in [6.45, 7) is 12.5. The number of pyridine rings is 1. The minimum Gasteiger partial charge on any atom is -0.466 e. The Bertz CT molecular complexity index is 1400. The molecule has 9 heteroatoms. The lowest BCUT2D eigenvalue weighted by atomic mass is 10.0. The fraction of sp³-hybridized carbons (Fsp3) is 0.346. The number of fused-ring (bicyclic) bond motifs is 1. The molecule has 0 unspecified atom stereocenters. The molecule has 1 aliphatic rings. The fourth-order valence-electron chi connectivity index (χ4n) is 4.68. The zero-order valence-corrected chi connectivity index (χ0v) is 21.1. The summed E-state index contributed by atoms with van der Waals surface area (Å²) in [4.78, 5) is 23.0. The maximum Gasteiger partial charge on any atom is 0.259 e. The molecule has 1 aliphatic heterocycles. The molecule has 1 amide bonds. The number of aromatic nitrogens is 2. The van der Waals surface area contributed by atoms with Crippen LogP contribution in [0.5, 0.6) is 0 Å². The highest BCUT2D eigenvalue weighted by Crippen LogP contribution is 2.33. The number of rotatable bonds is 5. The summed E-state index contributed by atoms with van der Waals surface area (Å²) in [6, 6.07) is 9.29. The molecular formula is C26H28ClN5O3. The minimum absolute atomic E-state index is 0.279. The predicted molar refractivity (Wildman–Crippen MR) is 137 cm³/mol. The lowest BCUT2D eigenvalue weighted by molar-refractivity contribution is 0.102. The third kappa shape index (κ3) is 4.51. The van der Waals surface area contributed by atoms with E-state index < -0.39 is 0 Å². The van der Waals surface area contributed by atoms with Gasteiger partial charge in [-0.1, -0.05) is 23.7 Å². The van der Waals surface area contributed by atoms with Crippen LogP contribution in [0.1, 0.15) is 34.5 Å². The second-order valence-corrected chi connectivity index (χ2v) is 9.30. The smallest absolute Gasteiger partial charge is 0.259 e. The Kier molecular flexibility index (Phi) is 6.25. The van der Waals surface area contributed by atoms with Gasteiger partial charge in [-0.05, 0) is 57.6 Å². The fourth-order valence-corrected chi connectivity index (χ4v) is 4.85. The molecule has 0 atom stereocenters. The van der Waals surface area contributed by atoms with Crippen molar-refractivity contribution in [1.82, 2.24) is 15.0 Å². The van der Waals surface area contributed by atoms with Crippen LogP contribution < -0.4 is 10.2 Å². The number of anilines is 2.